The quantitative estimate of drug-likeness (QED) is 0.361. The summed E-state index contributed by atoms with van der Waals surface area (Å²) in [6.45, 7) is 3.75. The first-order chi connectivity index (χ1) is 16.5. The van der Waals surface area contributed by atoms with E-state index in [0.717, 1.165) is 42.9 Å². The summed E-state index contributed by atoms with van der Waals surface area (Å²) in [5, 5.41) is 9.01. The van der Waals surface area contributed by atoms with E-state index in [9.17, 15) is 8.78 Å². The molecule has 0 bridgehead atoms. The van der Waals surface area contributed by atoms with E-state index in [1.165, 1.54) is 24.3 Å². The zero-order chi connectivity index (χ0) is 23.5. The van der Waals surface area contributed by atoms with Crippen LogP contribution in [0.5, 0.6) is 0 Å². The summed E-state index contributed by atoms with van der Waals surface area (Å²) in [6, 6.07) is 20.3. The van der Waals surface area contributed by atoms with Crippen molar-refractivity contribution < 1.29 is 13.2 Å². The number of hydrogen-bond donors (Lipinski definition) is 0. The molecule has 3 aromatic carbocycles. The lowest BCUT2D eigenvalue weighted by Crippen LogP contribution is -2.47. The predicted octanol–water partition coefficient (Wildman–Crippen LogP) is 5.58. The highest BCUT2D eigenvalue weighted by Crippen LogP contribution is 2.30. The number of piperazine rings is 1. The fourth-order valence-corrected chi connectivity index (χ4v) is 4.43. The SMILES string of the molecule is Fc1ccc(C(c2ccc(F)cc2)N2CCN(Cc3nnc(-c4ccc(Cl)cc4)o3)CC2)cc1. The van der Waals surface area contributed by atoms with Gasteiger partial charge in [0, 0.05) is 36.8 Å². The van der Waals surface area contributed by atoms with Crippen LogP contribution in [0.3, 0.4) is 0 Å². The number of nitrogens with zero attached hydrogens (tertiary/aromatic N) is 4. The molecule has 1 aromatic heterocycles. The number of halogens is 3. The van der Waals surface area contributed by atoms with Gasteiger partial charge in [0.05, 0.1) is 12.6 Å². The van der Waals surface area contributed by atoms with E-state index >= 15 is 0 Å². The fourth-order valence-electron chi connectivity index (χ4n) is 4.30. The molecule has 0 radical (unpaired) electrons. The predicted molar refractivity (Wildman–Crippen MR) is 126 cm³/mol. The largest absolute Gasteiger partial charge is 0.419 e. The lowest BCUT2D eigenvalue weighted by molar-refractivity contribution is 0.0985. The average molecular weight is 481 g/mol. The first kappa shape index (κ1) is 22.7. The standard InChI is InChI=1S/C26H23ClF2N4O/c27-21-7-1-20(2-8-21)26-31-30-24(34-26)17-32-13-15-33(16-14-32)25(18-3-9-22(28)10-4-18)19-5-11-23(29)12-6-19/h1-12,25H,13-17H2. The molecule has 0 aliphatic carbocycles. The molecule has 0 saturated carbocycles. The Morgan fingerprint density at radius 3 is 1.88 bits per heavy atom. The normalized spacial score (nSPS) is 15.2. The highest BCUT2D eigenvalue weighted by Gasteiger charge is 2.27. The van der Waals surface area contributed by atoms with Crippen LogP contribution in [0.2, 0.25) is 5.02 Å². The molecule has 1 fully saturated rings. The van der Waals surface area contributed by atoms with Crippen molar-refractivity contribution in [2.45, 2.75) is 12.6 Å². The van der Waals surface area contributed by atoms with Crippen LogP contribution in [0, 0.1) is 11.6 Å². The van der Waals surface area contributed by atoms with Crippen molar-refractivity contribution in [1.82, 2.24) is 20.0 Å². The molecule has 5 nitrogen and oxygen atoms in total. The second-order valence-corrected chi connectivity index (χ2v) is 8.76. The van der Waals surface area contributed by atoms with Gasteiger partial charge in [-0.2, -0.15) is 0 Å². The molecule has 0 amide bonds. The second kappa shape index (κ2) is 10.0. The van der Waals surface area contributed by atoms with E-state index in [1.54, 1.807) is 36.4 Å². The van der Waals surface area contributed by atoms with Crippen molar-refractivity contribution in [3.8, 4) is 11.5 Å². The van der Waals surface area contributed by atoms with Crippen LogP contribution in [0.15, 0.2) is 77.2 Å². The van der Waals surface area contributed by atoms with Crippen LogP contribution in [0.1, 0.15) is 23.1 Å². The third-order valence-electron chi connectivity index (χ3n) is 6.06. The Labute approximate surface area is 201 Å². The Kier molecular flexibility index (Phi) is 6.67. The lowest BCUT2D eigenvalue weighted by atomic mass is 9.96. The molecule has 4 aromatic rings. The summed E-state index contributed by atoms with van der Waals surface area (Å²) in [5.41, 5.74) is 2.78. The molecular formula is C26H23ClF2N4O. The topological polar surface area (TPSA) is 45.4 Å². The Morgan fingerprint density at radius 2 is 1.32 bits per heavy atom. The summed E-state index contributed by atoms with van der Waals surface area (Å²) in [5.74, 6) is 0.484. The maximum Gasteiger partial charge on any atom is 0.247 e. The Morgan fingerprint density at radius 1 is 0.765 bits per heavy atom. The monoisotopic (exact) mass is 480 g/mol. The van der Waals surface area contributed by atoms with E-state index in [0.29, 0.717) is 23.3 Å². The molecule has 2 heterocycles. The van der Waals surface area contributed by atoms with E-state index in [2.05, 4.69) is 20.0 Å². The molecule has 1 saturated heterocycles. The van der Waals surface area contributed by atoms with Crippen molar-refractivity contribution in [2.75, 3.05) is 26.2 Å². The van der Waals surface area contributed by atoms with Crippen molar-refractivity contribution in [2.24, 2.45) is 0 Å². The first-order valence-corrected chi connectivity index (χ1v) is 11.5. The summed E-state index contributed by atoms with van der Waals surface area (Å²) >= 11 is 5.95. The Bertz CT molecular complexity index is 1180. The first-order valence-electron chi connectivity index (χ1n) is 11.1. The lowest BCUT2D eigenvalue weighted by Gasteiger charge is -2.39. The molecule has 174 valence electrons. The van der Waals surface area contributed by atoms with Crippen molar-refractivity contribution in [1.29, 1.82) is 0 Å². The summed E-state index contributed by atoms with van der Waals surface area (Å²) in [4.78, 5) is 4.60. The second-order valence-electron chi connectivity index (χ2n) is 8.33. The third-order valence-corrected chi connectivity index (χ3v) is 6.31. The minimum absolute atomic E-state index is 0.0803. The molecule has 0 atom stereocenters. The smallest absolute Gasteiger partial charge is 0.247 e. The molecule has 1 aliphatic heterocycles. The summed E-state index contributed by atoms with van der Waals surface area (Å²) in [6.07, 6.45) is 0. The maximum atomic E-state index is 13.5. The molecule has 0 spiro atoms. The molecular weight excluding hydrogens is 458 g/mol. The van der Waals surface area contributed by atoms with Crippen LogP contribution >= 0.6 is 11.6 Å². The zero-order valence-electron chi connectivity index (χ0n) is 18.4. The van der Waals surface area contributed by atoms with Gasteiger partial charge in [0.1, 0.15) is 11.6 Å². The van der Waals surface area contributed by atoms with E-state index in [1.807, 2.05) is 12.1 Å². The van der Waals surface area contributed by atoms with Crippen LogP contribution in [0.4, 0.5) is 8.78 Å². The summed E-state index contributed by atoms with van der Waals surface area (Å²) in [7, 11) is 0. The van der Waals surface area contributed by atoms with Crippen LogP contribution in [-0.2, 0) is 6.54 Å². The molecule has 34 heavy (non-hydrogen) atoms. The van der Waals surface area contributed by atoms with Crippen molar-refractivity contribution in [3.63, 3.8) is 0 Å². The van der Waals surface area contributed by atoms with Crippen molar-refractivity contribution >= 4 is 11.6 Å². The van der Waals surface area contributed by atoms with Crippen LogP contribution < -0.4 is 0 Å². The van der Waals surface area contributed by atoms with Gasteiger partial charge in [-0.15, -0.1) is 10.2 Å². The van der Waals surface area contributed by atoms with Gasteiger partial charge in [-0.25, -0.2) is 8.78 Å². The van der Waals surface area contributed by atoms with Gasteiger partial charge in [0.15, 0.2) is 0 Å². The molecule has 8 heteroatoms. The van der Waals surface area contributed by atoms with E-state index in [-0.39, 0.29) is 17.7 Å². The highest BCUT2D eigenvalue weighted by atomic mass is 35.5. The van der Waals surface area contributed by atoms with Gasteiger partial charge >= 0.3 is 0 Å². The van der Waals surface area contributed by atoms with Crippen LogP contribution in [-0.4, -0.2) is 46.2 Å². The van der Waals surface area contributed by atoms with Gasteiger partial charge in [-0.3, -0.25) is 9.80 Å². The van der Waals surface area contributed by atoms with Gasteiger partial charge < -0.3 is 4.42 Å². The maximum absolute atomic E-state index is 13.5. The summed E-state index contributed by atoms with van der Waals surface area (Å²) < 4.78 is 32.9. The minimum atomic E-state index is -0.274. The van der Waals surface area contributed by atoms with Crippen molar-refractivity contribution in [3.05, 3.63) is 106 Å². The van der Waals surface area contributed by atoms with Gasteiger partial charge in [-0.05, 0) is 59.7 Å². The Hall–Kier alpha value is -3.13. The van der Waals surface area contributed by atoms with Gasteiger partial charge in [0.2, 0.25) is 11.8 Å². The minimum Gasteiger partial charge on any atom is -0.419 e. The molecule has 1 aliphatic rings. The van der Waals surface area contributed by atoms with Gasteiger partial charge in [-0.1, -0.05) is 35.9 Å². The van der Waals surface area contributed by atoms with Gasteiger partial charge in [0.25, 0.3) is 0 Å². The Balaban J connectivity index is 1.27. The zero-order valence-corrected chi connectivity index (χ0v) is 19.1. The average Bonchev–Trinajstić information content (AvgIpc) is 3.31. The third kappa shape index (κ3) is 5.17. The number of hydrogen-bond acceptors (Lipinski definition) is 5. The van der Waals surface area contributed by atoms with Crippen LogP contribution in [0.25, 0.3) is 11.5 Å². The fraction of sp³-hybridized carbons (Fsp3) is 0.231. The van der Waals surface area contributed by atoms with E-state index in [4.69, 9.17) is 16.0 Å². The molecule has 5 rings (SSSR count). The number of benzene rings is 3. The number of aromatic nitrogens is 2. The van der Waals surface area contributed by atoms with E-state index < -0.39 is 0 Å². The molecule has 0 N–H and O–H groups in total. The number of rotatable bonds is 6. The highest BCUT2D eigenvalue weighted by molar-refractivity contribution is 6.30. The molecule has 0 unspecified atom stereocenters.